The van der Waals surface area contributed by atoms with Crippen molar-refractivity contribution >= 4 is 11.9 Å². The molecule has 2 atom stereocenters. The first-order valence-electron chi connectivity index (χ1n) is 7.43. The zero-order valence-electron chi connectivity index (χ0n) is 11.9. The zero-order chi connectivity index (χ0) is 14.8. The van der Waals surface area contributed by atoms with E-state index in [0.29, 0.717) is 19.5 Å². The molecule has 1 aromatic rings. The summed E-state index contributed by atoms with van der Waals surface area (Å²) in [6, 6.07) is 10.3. The minimum Gasteiger partial charge on any atom is -0.481 e. The monoisotopic (exact) mass is 288 g/mol. The number of piperazine rings is 1. The van der Waals surface area contributed by atoms with E-state index in [9.17, 15) is 9.59 Å². The van der Waals surface area contributed by atoms with E-state index in [4.69, 9.17) is 5.11 Å². The van der Waals surface area contributed by atoms with Gasteiger partial charge in [0.2, 0.25) is 5.91 Å². The van der Waals surface area contributed by atoms with Crippen LogP contribution in [-0.2, 0) is 16.1 Å². The maximum absolute atomic E-state index is 12.2. The van der Waals surface area contributed by atoms with E-state index in [1.54, 1.807) is 0 Å². The minimum atomic E-state index is -0.837. The van der Waals surface area contributed by atoms with E-state index >= 15 is 0 Å². The van der Waals surface area contributed by atoms with E-state index < -0.39 is 11.9 Å². The van der Waals surface area contributed by atoms with Gasteiger partial charge in [0.25, 0.3) is 0 Å². The molecule has 1 amide bonds. The topological polar surface area (TPSA) is 60.9 Å². The summed E-state index contributed by atoms with van der Waals surface area (Å²) in [5.41, 5.74) is 1.28. The molecule has 1 N–H and O–H groups in total. The van der Waals surface area contributed by atoms with Gasteiger partial charge in [-0.1, -0.05) is 30.3 Å². The van der Waals surface area contributed by atoms with Crippen molar-refractivity contribution in [1.29, 1.82) is 0 Å². The Labute approximate surface area is 124 Å². The number of aliphatic carboxylic acids is 1. The van der Waals surface area contributed by atoms with E-state index in [1.165, 1.54) is 5.56 Å². The van der Waals surface area contributed by atoms with Crippen LogP contribution in [-0.4, -0.2) is 53.0 Å². The highest BCUT2D eigenvalue weighted by atomic mass is 16.4. The lowest BCUT2D eigenvalue weighted by Crippen LogP contribution is -2.49. The van der Waals surface area contributed by atoms with Crippen molar-refractivity contribution in [2.24, 2.45) is 11.8 Å². The Kier molecular flexibility index (Phi) is 3.92. The second-order valence-corrected chi connectivity index (χ2v) is 5.87. The molecule has 5 heteroatoms. The number of hydrogen-bond donors (Lipinski definition) is 1. The molecule has 2 fully saturated rings. The van der Waals surface area contributed by atoms with E-state index in [-0.39, 0.29) is 11.8 Å². The molecule has 112 valence electrons. The van der Waals surface area contributed by atoms with E-state index in [1.807, 2.05) is 23.1 Å². The third-order valence-electron chi connectivity index (χ3n) is 4.36. The fourth-order valence-electron chi connectivity index (χ4n) is 2.94. The average molecular weight is 288 g/mol. The number of carbonyl (C=O) groups excluding carboxylic acids is 1. The summed E-state index contributed by atoms with van der Waals surface area (Å²) in [4.78, 5) is 27.2. The molecule has 5 nitrogen and oxygen atoms in total. The van der Waals surface area contributed by atoms with Crippen molar-refractivity contribution in [2.45, 2.75) is 13.0 Å². The lowest BCUT2D eigenvalue weighted by atomic mass is 10.2. The van der Waals surface area contributed by atoms with Gasteiger partial charge in [0.1, 0.15) is 0 Å². The summed E-state index contributed by atoms with van der Waals surface area (Å²) in [6.45, 7) is 4.02. The van der Waals surface area contributed by atoms with Crippen molar-refractivity contribution in [3.63, 3.8) is 0 Å². The Morgan fingerprint density at radius 3 is 2.29 bits per heavy atom. The lowest BCUT2D eigenvalue weighted by Gasteiger charge is -2.35. The predicted octanol–water partition coefficient (Wildman–Crippen LogP) is 1.05. The van der Waals surface area contributed by atoms with Crippen LogP contribution in [0.1, 0.15) is 12.0 Å². The Morgan fingerprint density at radius 1 is 1.05 bits per heavy atom. The molecule has 2 aliphatic rings. The largest absolute Gasteiger partial charge is 0.481 e. The zero-order valence-corrected chi connectivity index (χ0v) is 11.9. The molecule has 1 aliphatic heterocycles. The van der Waals surface area contributed by atoms with Gasteiger partial charge in [0, 0.05) is 32.7 Å². The summed E-state index contributed by atoms with van der Waals surface area (Å²) >= 11 is 0. The number of carboxylic acids is 1. The fourth-order valence-corrected chi connectivity index (χ4v) is 2.94. The maximum atomic E-state index is 12.2. The molecule has 1 saturated heterocycles. The quantitative estimate of drug-likeness (QED) is 0.899. The predicted molar refractivity (Wildman–Crippen MR) is 77.5 cm³/mol. The van der Waals surface area contributed by atoms with Crippen LogP contribution in [0.2, 0.25) is 0 Å². The molecule has 1 heterocycles. The molecule has 0 bridgehead atoms. The summed E-state index contributed by atoms with van der Waals surface area (Å²) < 4.78 is 0. The molecule has 1 aromatic carbocycles. The van der Waals surface area contributed by atoms with Crippen LogP contribution in [0, 0.1) is 11.8 Å². The number of nitrogens with zero attached hydrogens (tertiary/aromatic N) is 2. The molecule has 0 aromatic heterocycles. The van der Waals surface area contributed by atoms with Gasteiger partial charge < -0.3 is 10.0 Å². The second kappa shape index (κ2) is 5.85. The van der Waals surface area contributed by atoms with Gasteiger partial charge in [-0.05, 0) is 12.0 Å². The normalized spacial score (nSPS) is 25.6. The number of carbonyl (C=O) groups is 2. The Hall–Kier alpha value is -1.88. The molecule has 0 radical (unpaired) electrons. The Morgan fingerprint density at radius 2 is 1.71 bits per heavy atom. The standard InChI is InChI=1S/C16H20N2O3/c19-15(13-10-14(13)16(20)21)18-8-6-17(7-9-18)11-12-4-2-1-3-5-12/h1-5,13-14H,6-11H2,(H,20,21)/t13-,14+/m1/s1. The third kappa shape index (κ3) is 3.24. The van der Waals surface area contributed by atoms with Crippen LogP contribution in [0.25, 0.3) is 0 Å². The number of benzene rings is 1. The fraction of sp³-hybridized carbons (Fsp3) is 0.500. The van der Waals surface area contributed by atoms with Crippen LogP contribution >= 0.6 is 0 Å². The number of rotatable bonds is 4. The Bertz CT molecular complexity index is 524. The van der Waals surface area contributed by atoms with Crippen molar-refractivity contribution < 1.29 is 14.7 Å². The van der Waals surface area contributed by atoms with Gasteiger partial charge in [0.15, 0.2) is 0 Å². The number of hydrogen-bond acceptors (Lipinski definition) is 3. The van der Waals surface area contributed by atoms with Crippen LogP contribution < -0.4 is 0 Å². The highest BCUT2D eigenvalue weighted by Crippen LogP contribution is 2.40. The summed E-state index contributed by atoms with van der Waals surface area (Å²) in [7, 11) is 0. The van der Waals surface area contributed by atoms with Crippen LogP contribution in [0.15, 0.2) is 30.3 Å². The second-order valence-electron chi connectivity index (χ2n) is 5.87. The molecular weight excluding hydrogens is 268 g/mol. The highest BCUT2D eigenvalue weighted by Gasteiger charge is 2.49. The highest BCUT2D eigenvalue weighted by molar-refractivity contribution is 5.89. The van der Waals surface area contributed by atoms with E-state index in [0.717, 1.165) is 19.6 Å². The van der Waals surface area contributed by atoms with Gasteiger partial charge in [-0.25, -0.2) is 0 Å². The molecule has 1 aliphatic carbocycles. The van der Waals surface area contributed by atoms with Crippen LogP contribution in [0.4, 0.5) is 0 Å². The van der Waals surface area contributed by atoms with Crippen molar-refractivity contribution in [3.05, 3.63) is 35.9 Å². The van der Waals surface area contributed by atoms with Gasteiger partial charge in [0.05, 0.1) is 11.8 Å². The van der Waals surface area contributed by atoms with Gasteiger partial charge in [-0.2, -0.15) is 0 Å². The summed E-state index contributed by atoms with van der Waals surface area (Å²) in [5.74, 6) is -1.53. The van der Waals surface area contributed by atoms with Crippen LogP contribution in [0.5, 0.6) is 0 Å². The van der Waals surface area contributed by atoms with Gasteiger partial charge in [-0.3, -0.25) is 14.5 Å². The first-order valence-corrected chi connectivity index (χ1v) is 7.43. The maximum Gasteiger partial charge on any atom is 0.307 e. The van der Waals surface area contributed by atoms with Crippen molar-refractivity contribution in [2.75, 3.05) is 26.2 Å². The van der Waals surface area contributed by atoms with Crippen molar-refractivity contribution in [3.8, 4) is 0 Å². The molecular formula is C16H20N2O3. The average Bonchev–Trinajstić information content (AvgIpc) is 3.29. The van der Waals surface area contributed by atoms with Gasteiger partial charge >= 0.3 is 5.97 Å². The minimum absolute atomic E-state index is 0.0294. The third-order valence-corrected chi connectivity index (χ3v) is 4.36. The molecule has 0 spiro atoms. The lowest BCUT2D eigenvalue weighted by molar-refractivity contribution is -0.142. The SMILES string of the molecule is O=C(O)[C@H]1C[C@H]1C(=O)N1CCN(Cc2ccccc2)CC1. The first kappa shape index (κ1) is 14.1. The first-order chi connectivity index (χ1) is 10.1. The molecule has 0 unspecified atom stereocenters. The number of carboxylic acid groups (broad SMARTS) is 1. The number of amides is 1. The summed E-state index contributed by atoms with van der Waals surface area (Å²) in [5, 5.41) is 8.90. The Balaban J connectivity index is 1.47. The van der Waals surface area contributed by atoms with Crippen LogP contribution in [0.3, 0.4) is 0 Å². The van der Waals surface area contributed by atoms with E-state index in [2.05, 4.69) is 17.0 Å². The molecule has 21 heavy (non-hydrogen) atoms. The van der Waals surface area contributed by atoms with Gasteiger partial charge in [-0.15, -0.1) is 0 Å². The molecule has 3 rings (SSSR count). The smallest absolute Gasteiger partial charge is 0.307 e. The molecule has 1 saturated carbocycles. The summed E-state index contributed by atoms with van der Waals surface area (Å²) in [6.07, 6.45) is 0.512. The van der Waals surface area contributed by atoms with Crippen molar-refractivity contribution in [1.82, 2.24) is 9.80 Å².